The van der Waals surface area contributed by atoms with Crippen LogP contribution in [0.1, 0.15) is 5.56 Å². The fourth-order valence-electron chi connectivity index (χ4n) is 1.64. The van der Waals surface area contributed by atoms with Crippen molar-refractivity contribution in [2.75, 3.05) is 12.8 Å². The maximum Gasteiger partial charge on any atom is 0.118 e. The van der Waals surface area contributed by atoms with Crippen molar-refractivity contribution in [3.8, 4) is 5.75 Å². The predicted molar refractivity (Wildman–Crippen MR) is 74.0 cm³/mol. The van der Waals surface area contributed by atoms with Gasteiger partial charge in [0.05, 0.1) is 28.6 Å². The Kier molecular flexibility index (Phi) is 3.99. The molecular formula is C14H15NO2S. The van der Waals surface area contributed by atoms with Gasteiger partial charge in [-0.2, -0.15) is 0 Å². The molecule has 0 radical (unpaired) electrons. The van der Waals surface area contributed by atoms with Crippen LogP contribution in [0.3, 0.4) is 0 Å². The molecule has 4 heteroatoms. The zero-order chi connectivity index (χ0) is 13.0. The van der Waals surface area contributed by atoms with E-state index >= 15 is 0 Å². The number of hydrogen-bond acceptors (Lipinski definition) is 3. The minimum atomic E-state index is -1.12. The van der Waals surface area contributed by atoms with Gasteiger partial charge in [-0.3, -0.25) is 4.21 Å². The molecule has 2 aromatic carbocycles. The van der Waals surface area contributed by atoms with Crippen molar-refractivity contribution >= 4 is 16.5 Å². The van der Waals surface area contributed by atoms with E-state index in [2.05, 4.69) is 0 Å². The molecule has 2 rings (SSSR count). The van der Waals surface area contributed by atoms with E-state index in [0.29, 0.717) is 16.3 Å². The molecule has 18 heavy (non-hydrogen) atoms. The minimum absolute atomic E-state index is 0.457. The maximum absolute atomic E-state index is 12.2. The van der Waals surface area contributed by atoms with Crippen molar-refractivity contribution in [3.63, 3.8) is 0 Å². The lowest BCUT2D eigenvalue weighted by molar-refractivity contribution is 0.414. The summed E-state index contributed by atoms with van der Waals surface area (Å²) >= 11 is 0. The summed E-state index contributed by atoms with van der Waals surface area (Å²) in [4.78, 5) is 0.688. The molecule has 0 amide bonds. The fourth-order valence-corrected chi connectivity index (χ4v) is 2.85. The second kappa shape index (κ2) is 5.69. The third-order valence-corrected chi connectivity index (χ3v) is 4.08. The van der Waals surface area contributed by atoms with E-state index in [1.807, 2.05) is 36.4 Å². The topological polar surface area (TPSA) is 52.3 Å². The molecule has 3 nitrogen and oxygen atoms in total. The highest BCUT2D eigenvalue weighted by molar-refractivity contribution is 7.84. The van der Waals surface area contributed by atoms with Gasteiger partial charge in [-0.15, -0.1) is 0 Å². The lowest BCUT2D eigenvalue weighted by Crippen LogP contribution is -2.00. The summed E-state index contributed by atoms with van der Waals surface area (Å²) in [6.45, 7) is 0. The van der Waals surface area contributed by atoms with Crippen LogP contribution in [0.2, 0.25) is 0 Å². The quantitative estimate of drug-likeness (QED) is 0.861. The number of rotatable bonds is 4. The standard InChI is InChI=1S/C14H15NO2S/c1-17-12-8-6-11(7-9-12)10-18(16)14-5-3-2-4-13(14)15/h2-9H,10,15H2,1H3. The van der Waals surface area contributed by atoms with Gasteiger partial charge in [-0.05, 0) is 29.8 Å². The highest BCUT2D eigenvalue weighted by Crippen LogP contribution is 2.19. The van der Waals surface area contributed by atoms with Crippen LogP contribution in [-0.4, -0.2) is 11.3 Å². The normalized spacial score (nSPS) is 12.1. The van der Waals surface area contributed by atoms with Crippen LogP contribution in [-0.2, 0) is 16.6 Å². The van der Waals surface area contributed by atoms with Crippen molar-refractivity contribution in [1.82, 2.24) is 0 Å². The average Bonchev–Trinajstić information content (AvgIpc) is 2.40. The third kappa shape index (κ3) is 2.90. The lowest BCUT2D eigenvalue weighted by atomic mass is 10.2. The Morgan fingerprint density at radius 2 is 1.78 bits per heavy atom. The molecule has 0 saturated carbocycles. The number of benzene rings is 2. The second-order valence-electron chi connectivity index (χ2n) is 3.88. The Morgan fingerprint density at radius 3 is 2.39 bits per heavy atom. The molecule has 94 valence electrons. The predicted octanol–water partition coefficient (Wildman–Crippen LogP) is 2.59. The van der Waals surface area contributed by atoms with Crippen LogP contribution >= 0.6 is 0 Å². The molecule has 0 aliphatic heterocycles. The van der Waals surface area contributed by atoms with Gasteiger partial charge in [0.15, 0.2) is 0 Å². The molecule has 0 aromatic heterocycles. The smallest absolute Gasteiger partial charge is 0.118 e. The van der Waals surface area contributed by atoms with Gasteiger partial charge in [0.1, 0.15) is 5.75 Å². The van der Waals surface area contributed by atoms with E-state index in [-0.39, 0.29) is 0 Å². The van der Waals surface area contributed by atoms with Gasteiger partial charge in [0.2, 0.25) is 0 Å². The number of ether oxygens (including phenoxy) is 1. The third-order valence-electron chi connectivity index (χ3n) is 2.62. The molecule has 1 unspecified atom stereocenters. The van der Waals surface area contributed by atoms with Crippen LogP contribution < -0.4 is 10.5 Å². The number of methoxy groups -OCH3 is 1. The van der Waals surface area contributed by atoms with Crippen molar-refractivity contribution in [1.29, 1.82) is 0 Å². The molecule has 0 spiro atoms. The molecule has 0 heterocycles. The van der Waals surface area contributed by atoms with E-state index in [1.54, 1.807) is 19.2 Å². The van der Waals surface area contributed by atoms with Gasteiger partial charge < -0.3 is 10.5 Å². The first kappa shape index (κ1) is 12.6. The first-order valence-electron chi connectivity index (χ1n) is 5.56. The van der Waals surface area contributed by atoms with Crippen LogP contribution in [0.5, 0.6) is 5.75 Å². The highest BCUT2D eigenvalue weighted by Gasteiger charge is 2.08. The molecule has 1 atom stereocenters. The molecule has 2 N–H and O–H groups in total. The zero-order valence-corrected chi connectivity index (χ0v) is 10.9. The van der Waals surface area contributed by atoms with E-state index < -0.39 is 10.8 Å². The van der Waals surface area contributed by atoms with Crippen molar-refractivity contribution in [3.05, 3.63) is 54.1 Å². The Labute approximate surface area is 109 Å². The van der Waals surface area contributed by atoms with Crippen molar-refractivity contribution < 1.29 is 8.95 Å². The first-order valence-corrected chi connectivity index (χ1v) is 6.88. The minimum Gasteiger partial charge on any atom is -0.497 e. The summed E-state index contributed by atoms with van der Waals surface area (Å²) in [5, 5.41) is 0. The van der Waals surface area contributed by atoms with Gasteiger partial charge in [-0.1, -0.05) is 24.3 Å². The summed E-state index contributed by atoms with van der Waals surface area (Å²) in [6.07, 6.45) is 0. The Morgan fingerprint density at radius 1 is 1.11 bits per heavy atom. The zero-order valence-electron chi connectivity index (χ0n) is 10.1. The largest absolute Gasteiger partial charge is 0.497 e. The summed E-state index contributed by atoms with van der Waals surface area (Å²) in [7, 11) is 0.503. The number of nitrogen functional groups attached to an aromatic ring is 1. The molecule has 0 saturated heterocycles. The van der Waals surface area contributed by atoms with E-state index in [4.69, 9.17) is 10.5 Å². The maximum atomic E-state index is 12.2. The van der Waals surface area contributed by atoms with Gasteiger partial charge in [-0.25, -0.2) is 0 Å². The van der Waals surface area contributed by atoms with Crippen LogP contribution in [0.25, 0.3) is 0 Å². The summed E-state index contributed by atoms with van der Waals surface area (Å²) in [5.41, 5.74) is 7.38. The lowest BCUT2D eigenvalue weighted by Gasteiger charge is -2.06. The van der Waals surface area contributed by atoms with E-state index in [0.717, 1.165) is 11.3 Å². The molecule has 0 fully saturated rings. The molecule has 2 aromatic rings. The monoisotopic (exact) mass is 261 g/mol. The molecule has 0 aliphatic rings. The van der Waals surface area contributed by atoms with Crippen LogP contribution in [0.4, 0.5) is 5.69 Å². The van der Waals surface area contributed by atoms with Crippen LogP contribution in [0, 0.1) is 0 Å². The SMILES string of the molecule is COc1ccc(CS(=O)c2ccccc2N)cc1. The number of para-hydroxylation sites is 1. The number of nitrogens with two attached hydrogens (primary N) is 1. The Bertz CT molecular complexity index is 552. The summed E-state index contributed by atoms with van der Waals surface area (Å²) in [5.74, 6) is 1.25. The first-order chi connectivity index (χ1) is 8.70. The van der Waals surface area contributed by atoms with Gasteiger partial charge in [0, 0.05) is 5.69 Å². The summed E-state index contributed by atoms with van der Waals surface area (Å²) < 4.78 is 17.3. The Balaban J connectivity index is 2.14. The molecule has 0 bridgehead atoms. The van der Waals surface area contributed by atoms with Crippen molar-refractivity contribution in [2.45, 2.75) is 10.6 Å². The van der Waals surface area contributed by atoms with Gasteiger partial charge in [0.25, 0.3) is 0 Å². The number of anilines is 1. The van der Waals surface area contributed by atoms with E-state index in [9.17, 15) is 4.21 Å². The van der Waals surface area contributed by atoms with Gasteiger partial charge >= 0.3 is 0 Å². The highest BCUT2D eigenvalue weighted by atomic mass is 32.2. The molecule has 0 aliphatic carbocycles. The summed E-state index contributed by atoms with van der Waals surface area (Å²) in [6, 6.07) is 14.8. The fraction of sp³-hybridized carbons (Fsp3) is 0.143. The second-order valence-corrected chi connectivity index (χ2v) is 5.30. The van der Waals surface area contributed by atoms with Crippen molar-refractivity contribution in [2.24, 2.45) is 0 Å². The van der Waals surface area contributed by atoms with Crippen LogP contribution in [0.15, 0.2) is 53.4 Å². The van der Waals surface area contributed by atoms with E-state index in [1.165, 1.54) is 0 Å². The number of hydrogen-bond donors (Lipinski definition) is 1. The average molecular weight is 261 g/mol. The molecular weight excluding hydrogens is 246 g/mol. The Hall–Kier alpha value is -1.81.